The number of amidine groups is 1. The number of benzene rings is 1. The van der Waals surface area contributed by atoms with Crippen LogP contribution < -0.4 is 5.73 Å². The Morgan fingerprint density at radius 3 is 2.90 bits per heavy atom. The van der Waals surface area contributed by atoms with Gasteiger partial charge in [-0.2, -0.15) is 0 Å². The molecule has 0 saturated carbocycles. The van der Waals surface area contributed by atoms with E-state index < -0.39 is 0 Å². The maximum absolute atomic E-state index is 8.61. The van der Waals surface area contributed by atoms with Gasteiger partial charge in [-0.25, -0.2) is 9.97 Å². The van der Waals surface area contributed by atoms with E-state index >= 15 is 0 Å². The van der Waals surface area contributed by atoms with E-state index in [1.807, 2.05) is 19.1 Å². The number of nitrogens with zero attached hydrogens (tertiary/aromatic N) is 3. The molecule has 0 fully saturated rings. The van der Waals surface area contributed by atoms with Gasteiger partial charge in [0, 0.05) is 11.8 Å². The van der Waals surface area contributed by atoms with Crippen molar-refractivity contribution in [3.63, 3.8) is 0 Å². The summed E-state index contributed by atoms with van der Waals surface area (Å²) in [5.41, 5.74) is 9.18. The van der Waals surface area contributed by atoms with Gasteiger partial charge in [-0.05, 0) is 48.5 Å². The Balaban J connectivity index is 1.84. The SMILES string of the molecule is Cc1ccc2nc(Sc3ccc(C(N)=NO)cn3)[nH]c2c1. The normalized spacial score (nSPS) is 12.0. The van der Waals surface area contributed by atoms with Crippen molar-refractivity contribution < 1.29 is 5.21 Å². The summed E-state index contributed by atoms with van der Waals surface area (Å²) in [6.07, 6.45) is 1.56. The number of H-pyrrole nitrogens is 1. The second-order valence-corrected chi connectivity index (χ2v) is 5.54. The van der Waals surface area contributed by atoms with Crippen LogP contribution in [0.3, 0.4) is 0 Å². The summed E-state index contributed by atoms with van der Waals surface area (Å²) in [5.74, 6) is 0.0401. The van der Waals surface area contributed by atoms with E-state index in [1.54, 1.807) is 18.3 Å². The van der Waals surface area contributed by atoms with Crippen LogP contribution in [0.15, 0.2) is 51.9 Å². The minimum Gasteiger partial charge on any atom is -0.409 e. The highest BCUT2D eigenvalue weighted by Crippen LogP contribution is 2.26. The molecule has 0 aliphatic carbocycles. The van der Waals surface area contributed by atoms with Gasteiger partial charge in [0.1, 0.15) is 5.03 Å². The summed E-state index contributed by atoms with van der Waals surface area (Å²) >= 11 is 1.43. The smallest absolute Gasteiger partial charge is 0.172 e. The molecular weight excluding hydrogens is 286 g/mol. The minimum absolute atomic E-state index is 0.0401. The zero-order chi connectivity index (χ0) is 14.8. The van der Waals surface area contributed by atoms with Crippen LogP contribution in [-0.4, -0.2) is 26.0 Å². The lowest BCUT2D eigenvalue weighted by Gasteiger charge is -2.00. The fraction of sp³-hybridized carbons (Fsp3) is 0.0714. The highest BCUT2D eigenvalue weighted by Gasteiger charge is 2.06. The fourth-order valence-corrected chi connectivity index (χ4v) is 2.64. The third-order valence-electron chi connectivity index (χ3n) is 2.96. The summed E-state index contributed by atoms with van der Waals surface area (Å²) < 4.78 is 0. The number of aryl methyl sites for hydroxylation is 1. The molecule has 6 nitrogen and oxygen atoms in total. The summed E-state index contributed by atoms with van der Waals surface area (Å²) in [6.45, 7) is 2.04. The van der Waals surface area contributed by atoms with Gasteiger partial charge in [0.05, 0.1) is 11.0 Å². The Hall–Kier alpha value is -2.54. The Bertz CT molecular complexity index is 810. The number of hydrogen-bond donors (Lipinski definition) is 3. The van der Waals surface area contributed by atoms with Crippen LogP contribution in [0.4, 0.5) is 0 Å². The molecule has 3 rings (SSSR count). The molecule has 0 unspecified atom stereocenters. The predicted molar refractivity (Wildman–Crippen MR) is 81.7 cm³/mol. The zero-order valence-corrected chi connectivity index (χ0v) is 12.1. The molecular formula is C14H13N5OS. The van der Waals surface area contributed by atoms with Crippen LogP contribution in [0.25, 0.3) is 11.0 Å². The van der Waals surface area contributed by atoms with Gasteiger partial charge in [0.2, 0.25) is 0 Å². The number of rotatable bonds is 3. The van der Waals surface area contributed by atoms with Gasteiger partial charge < -0.3 is 15.9 Å². The molecule has 0 saturated heterocycles. The van der Waals surface area contributed by atoms with Crippen molar-refractivity contribution >= 4 is 28.6 Å². The van der Waals surface area contributed by atoms with E-state index in [1.165, 1.54) is 17.3 Å². The molecule has 21 heavy (non-hydrogen) atoms. The number of nitrogens with one attached hydrogen (secondary N) is 1. The minimum atomic E-state index is 0.0401. The van der Waals surface area contributed by atoms with Gasteiger partial charge in [-0.15, -0.1) is 0 Å². The van der Waals surface area contributed by atoms with Gasteiger partial charge in [-0.1, -0.05) is 11.2 Å². The first-order valence-electron chi connectivity index (χ1n) is 6.24. The highest BCUT2D eigenvalue weighted by atomic mass is 32.2. The molecule has 4 N–H and O–H groups in total. The van der Waals surface area contributed by atoms with E-state index in [2.05, 4.69) is 26.2 Å². The van der Waals surface area contributed by atoms with E-state index in [4.69, 9.17) is 10.9 Å². The first kappa shape index (κ1) is 13.4. The maximum Gasteiger partial charge on any atom is 0.172 e. The first-order chi connectivity index (χ1) is 10.2. The molecule has 0 amide bonds. The third kappa shape index (κ3) is 2.82. The lowest BCUT2D eigenvalue weighted by Crippen LogP contribution is -2.13. The lowest BCUT2D eigenvalue weighted by molar-refractivity contribution is 0.318. The Morgan fingerprint density at radius 1 is 1.33 bits per heavy atom. The quantitative estimate of drug-likeness (QED) is 0.298. The largest absolute Gasteiger partial charge is 0.409 e. The molecule has 0 aliphatic rings. The van der Waals surface area contributed by atoms with Crippen molar-refractivity contribution in [3.8, 4) is 0 Å². The predicted octanol–water partition coefficient (Wildman–Crippen LogP) is 2.51. The van der Waals surface area contributed by atoms with E-state index in [9.17, 15) is 0 Å². The van der Waals surface area contributed by atoms with Crippen molar-refractivity contribution in [1.29, 1.82) is 0 Å². The van der Waals surface area contributed by atoms with Crippen LogP contribution in [-0.2, 0) is 0 Å². The van der Waals surface area contributed by atoms with Crippen molar-refractivity contribution in [2.45, 2.75) is 17.1 Å². The van der Waals surface area contributed by atoms with Gasteiger partial charge in [0.25, 0.3) is 0 Å². The maximum atomic E-state index is 8.61. The molecule has 2 aromatic heterocycles. The number of fused-ring (bicyclic) bond motifs is 1. The number of nitrogens with two attached hydrogens (primary N) is 1. The molecule has 0 bridgehead atoms. The van der Waals surface area contributed by atoms with Crippen molar-refractivity contribution in [3.05, 3.63) is 47.7 Å². The van der Waals surface area contributed by atoms with Gasteiger partial charge >= 0.3 is 0 Å². The lowest BCUT2D eigenvalue weighted by atomic mass is 10.2. The van der Waals surface area contributed by atoms with E-state index in [0.29, 0.717) is 5.56 Å². The number of hydrogen-bond acceptors (Lipinski definition) is 5. The molecule has 2 heterocycles. The molecule has 3 aromatic rings. The second-order valence-electron chi connectivity index (χ2n) is 4.53. The third-order valence-corrected chi connectivity index (χ3v) is 3.79. The molecule has 0 radical (unpaired) electrons. The summed E-state index contributed by atoms with van der Waals surface area (Å²) in [4.78, 5) is 12.0. The second kappa shape index (κ2) is 5.45. The van der Waals surface area contributed by atoms with E-state index in [0.717, 1.165) is 21.2 Å². The number of oxime groups is 1. The first-order valence-corrected chi connectivity index (χ1v) is 7.05. The molecule has 106 valence electrons. The Kier molecular flexibility index (Phi) is 3.49. The van der Waals surface area contributed by atoms with Gasteiger partial charge in [0.15, 0.2) is 11.0 Å². The van der Waals surface area contributed by atoms with Crippen molar-refractivity contribution in [2.75, 3.05) is 0 Å². The Morgan fingerprint density at radius 2 is 2.19 bits per heavy atom. The van der Waals surface area contributed by atoms with Crippen LogP contribution in [0, 0.1) is 6.92 Å². The van der Waals surface area contributed by atoms with Crippen LogP contribution in [0.5, 0.6) is 0 Å². The van der Waals surface area contributed by atoms with Gasteiger partial charge in [-0.3, -0.25) is 0 Å². The molecule has 0 aliphatic heterocycles. The number of aromatic nitrogens is 3. The number of aromatic amines is 1. The highest BCUT2D eigenvalue weighted by molar-refractivity contribution is 7.99. The van der Waals surface area contributed by atoms with Crippen molar-refractivity contribution in [1.82, 2.24) is 15.0 Å². The summed E-state index contributed by atoms with van der Waals surface area (Å²) in [5, 5.41) is 13.1. The fourth-order valence-electron chi connectivity index (χ4n) is 1.90. The molecule has 1 aromatic carbocycles. The topological polar surface area (TPSA) is 100 Å². The number of imidazole rings is 1. The van der Waals surface area contributed by atoms with Crippen LogP contribution in [0.2, 0.25) is 0 Å². The monoisotopic (exact) mass is 299 g/mol. The Labute approximate surface area is 125 Å². The van der Waals surface area contributed by atoms with Crippen LogP contribution >= 0.6 is 11.8 Å². The summed E-state index contributed by atoms with van der Waals surface area (Å²) in [6, 6.07) is 9.62. The summed E-state index contributed by atoms with van der Waals surface area (Å²) in [7, 11) is 0. The number of pyridine rings is 1. The molecule has 0 spiro atoms. The zero-order valence-electron chi connectivity index (χ0n) is 11.2. The molecule has 7 heteroatoms. The molecule has 0 atom stereocenters. The van der Waals surface area contributed by atoms with E-state index in [-0.39, 0.29) is 5.84 Å². The van der Waals surface area contributed by atoms with Crippen molar-refractivity contribution in [2.24, 2.45) is 10.9 Å². The average molecular weight is 299 g/mol. The standard InChI is InChI=1S/C14H13N5OS/c1-8-2-4-10-11(6-8)18-14(17-10)21-12-5-3-9(7-16-12)13(15)19-20/h2-7,20H,1H3,(H2,15,19)(H,17,18). The van der Waals surface area contributed by atoms with Crippen LogP contribution in [0.1, 0.15) is 11.1 Å². The average Bonchev–Trinajstić information content (AvgIpc) is 2.88.